The van der Waals surface area contributed by atoms with Crippen LogP contribution in [-0.4, -0.2) is 48.9 Å². The Kier molecular flexibility index (Phi) is 13.1. The van der Waals surface area contributed by atoms with Gasteiger partial charge in [0.1, 0.15) is 13.1 Å². The zero-order valence-electron chi connectivity index (χ0n) is 18.3. The summed E-state index contributed by atoms with van der Waals surface area (Å²) < 4.78 is 0.964. The second-order valence-corrected chi connectivity index (χ2v) is 7.96. The summed E-state index contributed by atoms with van der Waals surface area (Å²) in [7, 11) is 0. The van der Waals surface area contributed by atoms with Crippen LogP contribution in [0.1, 0.15) is 91.4 Å². The van der Waals surface area contributed by atoms with Crippen molar-refractivity contribution in [1.29, 1.82) is 0 Å². The highest BCUT2D eigenvalue weighted by molar-refractivity contribution is 5.77. The first-order valence-electron chi connectivity index (χ1n) is 11.4. The van der Waals surface area contributed by atoms with E-state index in [2.05, 4.69) is 31.3 Å². The van der Waals surface area contributed by atoms with Gasteiger partial charge in [-0.05, 0) is 26.2 Å². The zero-order valence-corrected chi connectivity index (χ0v) is 18.3. The molecule has 0 saturated carbocycles. The number of carbonyl (C=O) groups excluding carboxylic acids is 1. The van der Waals surface area contributed by atoms with Crippen molar-refractivity contribution in [1.82, 2.24) is 5.32 Å². The lowest BCUT2D eigenvalue weighted by Gasteiger charge is -2.33. The number of quaternary nitrogens is 1. The summed E-state index contributed by atoms with van der Waals surface area (Å²) >= 11 is 0. The molecular formula is C23H44N3O+. The fourth-order valence-electron chi connectivity index (χ4n) is 4.00. The van der Waals surface area contributed by atoms with Crippen LogP contribution in [0, 0.1) is 0 Å². The van der Waals surface area contributed by atoms with Gasteiger partial charge in [0.15, 0.2) is 5.84 Å². The van der Waals surface area contributed by atoms with Gasteiger partial charge in [-0.2, -0.15) is 0 Å². The maximum Gasteiger partial charge on any atom is 0.217 e. The molecule has 1 rings (SSSR count). The Bertz CT molecular complexity index is 459. The third-order valence-corrected chi connectivity index (χ3v) is 5.81. The molecule has 1 aliphatic heterocycles. The van der Waals surface area contributed by atoms with Crippen molar-refractivity contribution >= 4 is 11.7 Å². The summed E-state index contributed by atoms with van der Waals surface area (Å²) in [6, 6.07) is 0. The van der Waals surface area contributed by atoms with Crippen LogP contribution in [0.3, 0.4) is 0 Å². The van der Waals surface area contributed by atoms with E-state index in [-0.39, 0.29) is 5.91 Å². The van der Waals surface area contributed by atoms with Gasteiger partial charge in [0, 0.05) is 13.3 Å². The molecular weight excluding hydrogens is 334 g/mol. The minimum atomic E-state index is 0.0610. The van der Waals surface area contributed by atoms with Crippen molar-refractivity contribution in [2.75, 3.05) is 32.7 Å². The third-order valence-electron chi connectivity index (χ3n) is 5.81. The largest absolute Gasteiger partial charge is 0.351 e. The van der Waals surface area contributed by atoms with E-state index in [1.54, 1.807) is 6.92 Å². The highest BCUT2D eigenvalue weighted by Gasteiger charge is 2.35. The van der Waals surface area contributed by atoms with Crippen molar-refractivity contribution in [2.45, 2.75) is 91.4 Å². The summed E-state index contributed by atoms with van der Waals surface area (Å²) in [5.41, 5.74) is 0. The Labute approximate surface area is 168 Å². The van der Waals surface area contributed by atoms with Crippen LogP contribution in [0.2, 0.25) is 0 Å². The van der Waals surface area contributed by atoms with Crippen LogP contribution >= 0.6 is 0 Å². The van der Waals surface area contributed by atoms with Gasteiger partial charge >= 0.3 is 0 Å². The highest BCUT2D eigenvalue weighted by Crippen LogP contribution is 2.18. The molecule has 1 aliphatic rings. The number of carbonyl (C=O) groups is 1. The molecule has 1 atom stereocenters. The molecule has 0 radical (unpaired) electrons. The molecule has 27 heavy (non-hydrogen) atoms. The second kappa shape index (κ2) is 14.8. The molecule has 0 aromatic carbocycles. The monoisotopic (exact) mass is 378 g/mol. The molecule has 4 nitrogen and oxygen atoms in total. The number of allylic oxidation sites excluding steroid dienone is 2. The first kappa shape index (κ1) is 23.9. The van der Waals surface area contributed by atoms with Gasteiger partial charge in [-0.1, -0.05) is 64.0 Å². The standard InChI is InChI=1S/C23H43N3O/c1-4-6-7-8-9-10-11-12-13-14-15-16-17-23-25-19-21-26(23,5-2)20-18-24-22(3)27/h14-15H,4-13,16-21H2,1-3H3/p+1/b15-14+. The van der Waals surface area contributed by atoms with E-state index in [0.717, 1.165) is 50.0 Å². The lowest BCUT2D eigenvalue weighted by atomic mass is 10.1. The first-order valence-corrected chi connectivity index (χ1v) is 11.4. The molecule has 4 heteroatoms. The van der Waals surface area contributed by atoms with Gasteiger partial charge in [0.2, 0.25) is 5.91 Å². The average Bonchev–Trinajstić information content (AvgIpc) is 3.05. The topological polar surface area (TPSA) is 41.5 Å². The highest BCUT2D eigenvalue weighted by atomic mass is 16.1. The molecule has 1 amide bonds. The van der Waals surface area contributed by atoms with Gasteiger partial charge in [0.05, 0.1) is 19.6 Å². The smallest absolute Gasteiger partial charge is 0.217 e. The summed E-state index contributed by atoms with van der Waals surface area (Å²) in [5.74, 6) is 1.39. The summed E-state index contributed by atoms with van der Waals surface area (Å²) in [5, 5.41) is 2.94. The number of amides is 1. The Balaban J connectivity index is 2.14. The molecule has 1 N–H and O–H groups in total. The van der Waals surface area contributed by atoms with Crippen LogP contribution in [0.5, 0.6) is 0 Å². The SMILES string of the molecule is CCCCCCCCCC/C=C/CCC1=NCC[N+]1(CC)CCNC(C)=O. The van der Waals surface area contributed by atoms with Crippen LogP contribution in [0.15, 0.2) is 17.1 Å². The average molecular weight is 379 g/mol. The summed E-state index contributed by atoms with van der Waals surface area (Å²) in [6.07, 6.45) is 19.2. The van der Waals surface area contributed by atoms with Crippen molar-refractivity contribution < 1.29 is 9.28 Å². The van der Waals surface area contributed by atoms with Crippen molar-refractivity contribution in [3.63, 3.8) is 0 Å². The fourth-order valence-corrected chi connectivity index (χ4v) is 4.00. The Morgan fingerprint density at radius 1 is 1.04 bits per heavy atom. The number of hydrogen-bond acceptors (Lipinski definition) is 2. The quantitative estimate of drug-likeness (QED) is 0.223. The van der Waals surface area contributed by atoms with Crippen molar-refractivity contribution in [3.05, 3.63) is 12.2 Å². The molecule has 0 spiro atoms. The lowest BCUT2D eigenvalue weighted by molar-refractivity contribution is -0.833. The number of rotatable bonds is 16. The predicted octanol–water partition coefficient (Wildman–Crippen LogP) is 5.24. The van der Waals surface area contributed by atoms with Gasteiger partial charge in [-0.25, -0.2) is 4.99 Å². The minimum Gasteiger partial charge on any atom is -0.351 e. The number of nitrogens with one attached hydrogen (secondary N) is 1. The van der Waals surface area contributed by atoms with E-state index < -0.39 is 0 Å². The number of hydrogen-bond donors (Lipinski definition) is 1. The van der Waals surface area contributed by atoms with Gasteiger partial charge in [-0.3, -0.25) is 9.28 Å². The van der Waals surface area contributed by atoms with E-state index in [0.29, 0.717) is 0 Å². The minimum absolute atomic E-state index is 0.0610. The molecule has 0 bridgehead atoms. The summed E-state index contributed by atoms with van der Waals surface area (Å²) in [6.45, 7) is 10.9. The van der Waals surface area contributed by atoms with Gasteiger partial charge in [-0.15, -0.1) is 0 Å². The van der Waals surface area contributed by atoms with E-state index in [9.17, 15) is 4.79 Å². The summed E-state index contributed by atoms with van der Waals surface area (Å²) in [4.78, 5) is 15.9. The van der Waals surface area contributed by atoms with Crippen molar-refractivity contribution in [2.24, 2.45) is 4.99 Å². The molecule has 1 unspecified atom stereocenters. The first-order chi connectivity index (χ1) is 13.1. The number of amidine groups is 1. The zero-order chi connectivity index (χ0) is 19.8. The molecule has 1 heterocycles. The Morgan fingerprint density at radius 3 is 2.37 bits per heavy atom. The fraction of sp³-hybridized carbons (Fsp3) is 0.826. The van der Waals surface area contributed by atoms with Crippen LogP contribution in [-0.2, 0) is 4.79 Å². The lowest BCUT2D eigenvalue weighted by Crippen LogP contribution is -2.54. The molecule has 0 aromatic heterocycles. The number of likely N-dealkylation sites (N-methyl/N-ethyl adjacent to an activating group) is 1. The molecule has 0 aromatic rings. The van der Waals surface area contributed by atoms with E-state index in [1.165, 1.54) is 63.6 Å². The van der Waals surface area contributed by atoms with Crippen LogP contribution < -0.4 is 5.32 Å². The van der Waals surface area contributed by atoms with E-state index in [1.807, 2.05) is 0 Å². The molecule has 0 aliphatic carbocycles. The number of unbranched alkanes of at least 4 members (excludes halogenated alkanes) is 8. The van der Waals surface area contributed by atoms with E-state index >= 15 is 0 Å². The number of aliphatic imine (C=N–C) groups is 1. The number of nitrogens with zero attached hydrogens (tertiary/aromatic N) is 2. The van der Waals surface area contributed by atoms with Gasteiger partial charge < -0.3 is 5.32 Å². The molecule has 0 fully saturated rings. The molecule has 0 saturated heterocycles. The van der Waals surface area contributed by atoms with E-state index in [4.69, 9.17) is 4.99 Å². The van der Waals surface area contributed by atoms with Gasteiger partial charge in [0.25, 0.3) is 0 Å². The maximum absolute atomic E-state index is 11.1. The van der Waals surface area contributed by atoms with Crippen molar-refractivity contribution in [3.8, 4) is 0 Å². The molecule has 156 valence electrons. The Morgan fingerprint density at radius 2 is 1.70 bits per heavy atom. The Hall–Kier alpha value is -1.16. The van der Waals surface area contributed by atoms with Crippen LogP contribution in [0.4, 0.5) is 0 Å². The predicted molar refractivity (Wildman–Crippen MR) is 117 cm³/mol. The maximum atomic E-state index is 11.1. The normalized spacial score (nSPS) is 19.6. The van der Waals surface area contributed by atoms with Crippen LogP contribution in [0.25, 0.3) is 0 Å². The second-order valence-electron chi connectivity index (χ2n) is 7.96. The third kappa shape index (κ3) is 10.1.